The van der Waals surface area contributed by atoms with Crippen LogP contribution in [0.3, 0.4) is 0 Å². The second-order valence-corrected chi connectivity index (χ2v) is 10.2. The number of aromatic nitrogens is 1. The Balaban J connectivity index is 1.54. The first-order valence-electron chi connectivity index (χ1n) is 10.3. The van der Waals surface area contributed by atoms with Gasteiger partial charge in [-0.2, -0.15) is 0 Å². The van der Waals surface area contributed by atoms with Crippen LogP contribution in [-0.4, -0.2) is 44.2 Å². The predicted molar refractivity (Wildman–Crippen MR) is 127 cm³/mol. The Morgan fingerprint density at radius 2 is 1.83 bits per heavy atom. The van der Waals surface area contributed by atoms with Crippen LogP contribution in [0.25, 0.3) is 11.1 Å². The van der Waals surface area contributed by atoms with Gasteiger partial charge in [0.25, 0.3) is 0 Å². The van der Waals surface area contributed by atoms with Crippen LogP contribution < -0.4 is 15.5 Å². The third kappa shape index (κ3) is 5.10. The molecule has 8 nitrogen and oxygen atoms in total. The van der Waals surface area contributed by atoms with E-state index in [1.807, 2.05) is 0 Å². The number of amides is 3. The number of rotatable bonds is 5. The van der Waals surface area contributed by atoms with Crippen molar-refractivity contribution >= 4 is 44.9 Å². The topological polar surface area (TPSA) is 108 Å². The van der Waals surface area contributed by atoms with Crippen molar-refractivity contribution < 1.29 is 26.8 Å². The third-order valence-electron chi connectivity index (χ3n) is 5.41. The highest BCUT2D eigenvalue weighted by Gasteiger charge is 2.36. The molecule has 2 N–H and O–H groups in total. The van der Waals surface area contributed by atoms with Crippen LogP contribution >= 0.6 is 11.6 Å². The van der Waals surface area contributed by atoms with Crippen LogP contribution in [0, 0.1) is 11.6 Å². The average Bonchev–Trinajstić information content (AvgIpc) is 3.16. The van der Waals surface area contributed by atoms with Crippen molar-refractivity contribution in [1.82, 2.24) is 10.3 Å². The van der Waals surface area contributed by atoms with E-state index < -0.39 is 39.5 Å². The van der Waals surface area contributed by atoms with Gasteiger partial charge in [0.15, 0.2) is 21.5 Å². The highest BCUT2D eigenvalue weighted by molar-refractivity contribution is 7.90. The molecule has 1 fully saturated rings. The fourth-order valence-corrected chi connectivity index (χ4v) is 4.80. The number of urea groups is 1. The van der Waals surface area contributed by atoms with E-state index in [1.54, 1.807) is 0 Å². The van der Waals surface area contributed by atoms with E-state index in [4.69, 9.17) is 11.6 Å². The largest absolute Gasteiger partial charge is 0.326 e. The van der Waals surface area contributed by atoms with Gasteiger partial charge in [-0.15, -0.1) is 0 Å². The Kier molecular flexibility index (Phi) is 6.73. The Bertz CT molecular complexity index is 1420. The summed E-state index contributed by atoms with van der Waals surface area (Å²) in [4.78, 5) is 29.9. The van der Waals surface area contributed by atoms with Crippen molar-refractivity contribution in [2.75, 3.05) is 23.0 Å². The summed E-state index contributed by atoms with van der Waals surface area (Å²) < 4.78 is 54.3. The van der Waals surface area contributed by atoms with Crippen LogP contribution in [-0.2, 0) is 14.6 Å². The van der Waals surface area contributed by atoms with Crippen LogP contribution in [0.2, 0.25) is 5.02 Å². The molecule has 0 unspecified atom stereocenters. The first-order valence-corrected chi connectivity index (χ1v) is 12.6. The van der Waals surface area contributed by atoms with E-state index >= 15 is 8.78 Å². The number of nitrogens with zero attached hydrogens (tertiary/aromatic N) is 2. The van der Waals surface area contributed by atoms with Gasteiger partial charge in [-0.3, -0.25) is 10.1 Å². The van der Waals surface area contributed by atoms with Gasteiger partial charge in [0.05, 0.1) is 15.6 Å². The summed E-state index contributed by atoms with van der Waals surface area (Å²) >= 11 is 5.75. The van der Waals surface area contributed by atoms with Gasteiger partial charge in [0, 0.05) is 30.1 Å². The zero-order valence-electron chi connectivity index (χ0n) is 18.3. The molecule has 0 aliphatic carbocycles. The van der Waals surface area contributed by atoms with Crippen molar-refractivity contribution in [2.24, 2.45) is 0 Å². The average molecular weight is 521 g/mol. The van der Waals surface area contributed by atoms with Crippen molar-refractivity contribution in [3.05, 3.63) is 71.4 Å². The smallest absolute Gasteiger partial charge is 0.321 e. The minimum Gasteiger partial charge on any atom is -0.326 e. The normalized spacial score (nSPS) is 15.8. The molecular formula is C23H19ClF2N4O4S. The summed E-state index contributed by atoms with van der Waals surface area (Å²) in [5, 5.41) is 5.34. The molecule has 0 spiro atoms. The molecule has 1 aromatic heterocycles. The Hall–Kier alpha value is -3.57. The number of hydrogen-bond acceptors (Lipinski definition) is 5. The van der Waals surface area contributed by atoms with Crippen molar-refractivity contribution in [3.8, 4) is 11.1 Å². The number of sulfone groups is 1. The predicted octanol–water partition coefficient (Wildman–Crippen LogP) is 4.01. The van der Waals surface area contributed by atoms with E-state index in [0.29, 0.717) is 5.02 Å². The molecule has 2 aromatic carbocycles. The molecule has 3 aromatic rings. The zero-order chi connectivity index (χ0) is 25.3. The fraction of sp³-hybridized carbons (Fsp3) is 0.174. The van der Waals surface area contributed by atoms with Crippen molar-refractivity contribution in [3.63, 3.8) is 0 Å². The molecule has 0 radical (unpaired) electrons. The fourth-order valence-electron chi connectivity index (χ4n) is 3.78. The molecule has 1 saturated heterocycles. The van der Waals surface area contributed by atoms with E-state index in [0.717, 1.165) is 11.2 Å². The molecular weight excluding hydrogens is 502 g/mol. The number of carbonyl (C=O) groups excluding carboxylic acids is 2. The second-order valence-electron chi connectivity index (χ2n) is 7.82. The zero-order valence-corrected chi connectivity index (χ0v) is 19.8. The van der Waals surface area contributed by atoms with E-state index in [-0.39, 0.29) is 40.5 Å². The second kappa shape index (κ2) is 9.59. The van der Waals surface area contributed by atoms with Gasteiger partial charge in [-0.05, 0) is 36.8 Å². The quantitative estimate of drug-likeness (QED) is 0.528. The maximum absolute atomic E-state index is 15.1. The van der Waals surface area contributed by atoms with Gasteiger partial charge in [-0.25, -0.2) is 27.0 Å². The summed E-state index contributed by atoms with van der Waals surface area (Å²) in [6.45, 7) is 0.0403. The van der Waals surface area contributed by atoms with Gasteiger partial charge in [0.2, 0.25) is 5.91 Å². The standard InChI is InChI=1S/C23H19ClF2N4O4S/c1-35(33,34)18-5-3-2-4-14(18)15-7-8-17(21(26)20(15)25)30-11-10-16(22(30)31)28-23(32)29-19-9-6-13(24)12-27-19/h2-9,12,16H,10-11H2,1H3,(H2,27,28,29,32)/t16-/m1/s1. The molecule has 182 valence electrons. The maximum Gasteiger partial charge on any atom is 0.321 e. The lowest BCUT2D eigenvalue weighted by Crippen LogP contribution is -2.43. The molecule has 12 heteroatoms. The van der Waals surface area contributed by atoms with E-state index in [2.05, 4.69) is 15.6 Å². The number of carbonyl (C=O) groups is 2. The van der Waals surface area contributed by atoms with Gasteiger partial charge >= 0.3 is 6.03 Å². The molecule has 1 aliphatic rings. The molecule has 35 heavy (non-hydrogen) atoms. The highest BCUT2D eigenvalue weighted by atomic mass is 35.5. The van der Waals surface area contributed by atoms with Crippen LogP contribution in [0.1, 0.15) is 6.42 Å². The number of halogens is 3. The van der Waals surface area contributed by atoms with E-state index in [9.17, 15) is 18.0 Å². The maximum atomic E-state index is 15.1. The Morgan fingerprint density at radius 3 is 2.51 bits per heavy atom. The van der Waals surface area contributed by atoms with Crippen molar-refractivity contribution in [1.29, 1.82) is 0 Å². The molecule has 1 aliphatic heterocycles. The monoisotopic (exact) mass is 520 g/mol. The summed E-state index contributed by atoms with van der Waals surface area (Å²) in [5.41, 5.74) is -0.543. The third-order valence-corrected chi connectivity index (χ3v) is 6.79. The molecule has 4 rings (SSSR count). The highest BCUT2D eigenvalue weighted by Crippen LogP contribution is 2.35. The van der Waals surface area contributed by atoms with Crippen LogP contribution in [0.5, 0.6) is 0 Å². The number of anilines is 2. The first-order chi connectivity index (χ1) is 16.6. The molecule has 1 atom stereocenters. The number of pyridine rings is 1. The minimum absolute atomic E-state index is 0.0118. The summed E-state index contributed by atoms with van der Waals surface area (Å²) in [6.07, 6.45) is 2.48. The summed E-state index contributed by atoms with van der Waals surface area (Å²) in [5.74, 6) is -2.98. The van der Waals surface area contributed by atoms with Crippen LogP contribution in [0.15, 0.2) is 59.6 Å². The lowest BCUT2D eigenvalue weighted by atomic mass is 10.0. The minimum atomic E-state index is -3.70. The first kappa shape index (κ1) is 24.6. The number of nitrogens with one attached hydrogen (secondary N) is 2. The van der Waals surface area contributed by atoms with E-state index in [1.165, 1.54) is 54.7 Å². The number of benzene rings is 2. The molecule has 0 saturated carbocycles. The Labute approximate surface area is 204 Å². The SMILES string of the molecule is CS(=O)(=O)c1ccccc1-c1ccc(N2CC[C@@H](NC(=O)Nc3ccc(Cl)cn3)C2=O)c(F)c1F. The number of hydrogen-bond donors (Lipinski definition) is 2. The van der Waals surface area contributed by atoms with Crippen molar-refractivity contribution in [2.45, 2.75) is 17.4 Å². The van der Waals surface area contributed by atoms with Crippen LogP contribution in [0.4, 0.5) is 25.1 Å². The summed E-state index contributed by atoms with van der Waals surface area (Å²) in [6, 6.07) is 9.47. The van der Waals surface area contributed by atoms with Gasteiger partial charge in [-0.1, -0.05) is 29.8 Å². The summed E-state index contributed by atoms with van der Waals surface area (Å²) in [7, 11) is -3.70. The lowest BCUT2D eigenvalue weighted by molar-refractivity contribution is -0.118. The van der Waals surface area contributed by atoms with Gasteiger partial charge < -0.3 is 10.2 Å². The Morgan fingerprint density at radius 1 is 1.09 bits per heavy atom. The molecule has 3 amide bonds. The molecule has 0 bridgehead atoms. The lowest BCUT2D eigenvalue weighted by Gasteiger charge is -2.19. The van der Waals surface area contributed by atoms with Gasteiger partial charge in [0.1, 0.15) is 11.9 Å². The molecule has 2 heterocycles.